The van der Waals surface area contributed by atoms with Gasteiger partial charge in [-0.2, -0.15) is 0 Å². The predicted molar refractivity (Wildman–Crippen MR) is 94.1 cm³/mol. The first-order valence-electron chi connectivity index (χ1n) is 8.44. The van der Waals surface area contributed by atoms with E-state index in [0.717, 1.165) is 18.6 Å². The molecule has 24 heavy (non-hydrogen) atoms. The Kier molecular flexibility index (Phi) is 6.61. The van der Waals surface area contributed by atoms with Gasteiger partial charge in [0.15, 0.2) is 0 Å². The number of nitrogens with zero attached hydrogens (tertiary/aromatic N) is 1. The smallest absolute Gasteiger partial charge is 0.238 e. The van der Waals surface area contributed by atoms with Crippen molar-refractivity contribution in [2.75, 3.05) is 26.0 Å². The van der Waals surface area contributed by atoms with Crippen LogP contribution in [0.1, 0.15) is 32.6 Å². The number of nitrogens with one attached hydrogen (secondary N) is 2. The first-order valence-corrected chi connectivity index (χ1v) is 8.44. The molecule has 6 nitrogen and oxygen atoms in total. The van der Waals surface area contributed by atoms with Crippen LogP contribution in [0.2, 0.25) is 0 Å². The number of carbonyl (C=O) groups excluding carboxylic acids is 2. The van der Waals surface area contributed by atoms with Gasteiger partial charge in [0.1, 0.15) is 5.75 Å². The molecular formula is C18H27N3O3. The molecule has 6 heteroatoms. The molecule has 0 aliphatic heterocycles. The Morgan fingerprint density at radius 1 is 1.25 bits per heavy atom. The zero-order valence-electron chi connectivity index (χ0n) is 14.7. The maximum absolute atomic E-state index is 12.3. The Morgan fingerprint density at radius 2 is 1.88 bits per heavy atom. The van der Waals surface area contributed by atoms with Crippen molar-refractivity contribution in [1.82, 2.24) is 10.2 Å². The van der Waals surface area contributed by atoms with Gasteiger partial charge in [-0.15, -0.1) is 0 Å². The van der Waals surface area contributed by atoms with Crippen LogP contribution in [0.15, 0.2) is 24.3 Å². The zero-order chi connectivity index (χ0) is 17.5. The molecule has 1 aliphatic carbocycles. The molecule has 132 valence electrons. The molecule has 1 saturated carbocycles. The molecule has 0 bridgehead atoms. The lowest BCUT2D eigenvalue weighted by atomic mass is 10.2. The Bertz CT molecular complexity index is 553. The summed E-state index contributed by atoms with van der Waals surface area (Å²) in [5, 5.41) is 5.89. The summed E-state index contributed by atoms with van der Waals surface area (Å²) >= 11 is 0. The fourth-order valence-electron chi connectivity index (χ4n) is 2.83. The monoisotopic (exact) mass is 333 g/mol. The van der Waals surface area contributed by atoms with Gasteiger partial charge in [-0.05, 0) is 51.1 Å². The summed E-state index contributed by atoms with van der Waals surface area (Å²) in [6.07, 6.45) is 4.47. The van der Waals surface area contributed by atoms with Crippen LogP contribution in [0, 0.1) is 0 Å². The lowest BCUT2D eigenvalue weighted by Gasteiger charge is -2.25. The fraction of sp³-hybridized carbons (Fsp3) is 0.556. The molecular weight excluding hydrogens is 306 g/mol. The number of likely N-dealkylation sites (N-methyl/N-ethyl adjacent to an activating group) is 1. The van der Waals surface area contributed by atoms with Gasteiger partial charge in [0.2, 0.25) is 11.8 Å². The van der Waals surface area contributed by atoms with Crippen LogP contribution in [0.25, 0.3) is 0 Å². The van der Waals surface area contributed by atoms with E-state index in [-0.39, 0.29) is 24.4 Å². The van der Waals surface area contributed by atoms with E-state index in [1.807, 2.05) is 6.92 Å². The third kappa shape index (κ3) is 5.23. The van der Waals surface area contributed by atoms with Crippen molar-refractivity contribution in [2.45, 2.75) is 44.7 Å². The van der Waals surface area contributed by atoms with Crippen molar-refractivity contribution >= 4 is 17.5 Å². The Hall–Kier alpha value is -2.08. The van der Waals surface area contributed by atoms with Crippen LogP contribution < -0.4 is 15.4 Å². The summed E-state index contributed by atoms with van der Waals surface area (Å²) in [5.41, 5.74) is 0.706. The summed E-state index contributed by atoms with van der Waals surface area (Å²) in [4.78, 5) is 26.1. The highest BCUT2D eigenvalue weighted by Gasteiger charge is 2.24. The second-order valence-corrected chi connectivity index (χ2v) is 6.36. The van der Waals surface area contributed by atoms with Gasteiger partial charge in [-0.25, -0.2) is 0 Å². The van der Waals surface area contributed by atoms with Crippen molar-refractivity contribution in [2.24, 2.45) is 0 Å². The summed E-state index contributed by atoms with van der Waals surface area (Å²) in [6, 6.07) is 7.10. The third-order valence-corrected chi connectivity index (χ3v) is 4.51. The molecule has 1 unspecified atom stereocenters. The molecule has 0 spiro atoms. The van der Waals surface area contributed by atoms with Gasteiger partial charge in [-0.3, -0.25) is 14.5 Å². The van der Waals surface area contributed by atoms with Crippen LogP contribution in [0.3, 0.4) is 0 Å². The van der Waals surface area contributed by atoms with Crippen LogP contribution >= 0.6 is 0 Å². The largest absolute Gasteiger partial charge is 0.497 e. The second-order valence-electron chi connectivity index (χ2n) is 6.36. The molecule has 1 aromatic rings. The number of methoxy groups -OCH3 is 1. The normalized spacial score (nSPS) is 16.0. The van der Waals surface area contributed by atoms with E-state index >= 15 is 0 Å². The number of hydrogen-bond acceptors (Lipinski definition) is 4. The van der Waals surface area contributed by atoms with E-state index in [4.69, 9.17) is 4.74 Å². The van der Waals surface area contributed by atoms with Gasteiger partial charge >= 0.3 is 0 Å². The standard InChI is InChI=1S/C18H27N3O3/c1-13(18(23)20-14-6-4-5-7-14)21(2)12-17(22)19-15-8-10-16(24-3)11-9-15/h8-11,13-14H,4-7,12H2,1-3H3,(H,19,22)(H,20,23). The molecule has 0 radical (unpaired) electrons. The van der Waals surface area contributed by atoms with Crippen LogP contribution in [0.5, 0.6) is 5.75 Å². The molecule has 2 amide bonds. The lowest BCUT2D eigenvalue weighted by Crippen LogP contribution is -2.48. The fourth-order valence-corrected chi connectivity index (χ4v) is 2.83. The van der Waals surface area contributed by atoms with Gasteiger partial charge in [0, 0.05) is 11.7 Å². The van der Waals surface area contributed by atoms with E-state index in [2.05, 4.69) is 10.6 Å². The van der Waals surface area contributed by atoms with Gasteiger partial charge < -0.3 is 15.4 Å². The molecule has 2 rings (SSSR count). The number of benzene rings is 1. The van der Waals surface area contributed by atoms with E-state index in [1.54, 1.807) is 43.3 Å². The molecule has 0 heterocycles. The second kappa shape index (κ2) is 8.68. The molecule has 1 aromatic carbocycles. The number of ether oxygens (including phenoxy) is 1. The van der Waals surface area contributed by atoms with Crippen LogP contribution in [-0.2, 0) is 9.59 Å². The quantitative estimate of drug-likeness (QED) is 0.801. The summed E-state index contributed by atoms with van der Waals surface area (Å²) < 4.78 is 5.09. The Morgan fingerprint density at radius 3 is 2.46 bits per heavy atom. The first kappa shape index (κ1) is 18.3. The maximum Gasteiger partial charge on any atom is 0.238 e. The van der Waals surface area contributed by atoms with E-state index in [0.29, 0.717) is 11.7 Å². The lowest BCUT2D eigenvalue weighted by molar-refractivity contribution is -0.127. The topological polar surface area (TPSA) is 70.7 Å². The van der Waals surface area contributed by atoms with Gasteiger partial charge in [-0.1, -0.05) is 12.8 Å². The number of amides is 2. The van der Waals surface area contributed by atoms with Gasteiger partial charge in [0.25, 0.3) is 0 Å². The van der Waals surface area contributed by atoms with Crippen molar-refractivity contribution < 1.29 is 14.3 Å². The number of anilines is 1. The third-order valence-electron chi connectivity index (χ3n) is 4.51. The van der Waals surface area contributed by atoms with E-state index < -0.39 is 0 Å². The minimum absolute atomic E-state index is 0.0124. The molecule has 0 saturated heterocycles. The highest BCUT2D eigenvalue weighted by atomic mass is 16.5. The SMILES string of the molecule is COc1ccc(NC(=O)CN(C)C(C)C(=O)NC2CCCC2)cc1. The maximum atomic E-state index is 12.3. The summed E-state index contributed by atoms with van der Waals surface area (Å²) in [6.45, 7) is 1.98. The Labute approximate surface area is 143 Å². The predicted octanol–water partition coefficient (Wildman–Crippen LogP) is 2.01. The number of hydrogen-bond donors (Lipinski definition) is 2. The number of carbonyl (C=O) groups is 2. The van der Waals surface area contributed by atoms with E-state index in [1.165, 1.54) is 12.8 Å². The van der Waals surface area contributed by atoms with Crippen molar-refractivity contribution in [3.8, 4) is 5.75 Å². The minimum Gasteiger partial charge on any atom is -0.497 e. The average Bonchev–Trinajstić information content (AvgIpc) is 3.07. The molecule has 1 atom stereocenters. The molecule has 1 fully saturated rings. The van der Waals surface area contributed by atoms with Crippen molar-refractivity contribution in [1.29, 1.82) is 0 Å². The molecule has 2 N–H and O–H groups in total. The highest BCUT2D eigenvalue weighted by molar-refractivity contribution is 5.92. The minimum atomic E-state index is -0.341. The van der Waals surface area contributed by atoms with Crippen molar-refractivity contribution in [3.63, 3.8) is 0 Å². The molecule has 1 aliphatic rings. The van der Waals surface area contributed by atoms with Crippen LogP contribution in [-0.4, -0.2) is 49.5 Å². The molecule has 0 aromatic heterocycles. The number of rotatable bonds is 7. The highest BCUT2D eigenvalue weighted by Crippen LogP contribution is 2.18. The average molecular weight is 333 g/mol. The van der Waals surface area contributed by atoms with Crippen molar-refractivity contribution in [3.05, 3.63) is 24.3 Å². The van der Waals surface area contributed by atoms with Gasteiger partial charge in [0.05, 0.1) is 19.7 Å². The Balaban J connectivity index is 1.79. The first-order chi connectivity index (χ1) is 11.5. The van der Waals surface area contributed by atoms with Crippen LogP contribution in [0.4, 0.5) is 5.69 Å². The van der Waals surface area contributed by atoms with E-state index in [9.17, 15) is 9.59 Å². The summed E-state index contributed by atoms with van der Waals surface area (Å²) in [5.74, 6) is 0.576. The zero-order valence-corrected chi connectivity index (χ0v) is 14.7. The summed E-state index contributed by atoms with van der Waals surface area (Å²) in [7, 11) is 3.38.